The number of non-ortho nitro benzene ring substituents is 1. The van der Waals surface area contributed by atoms with Gasteiger partial charge in [0.05, 0.1) is 41.4 Å². The number of benzene rings is 3. The lowest BCUT2D eigenvalue weighted by Crippen LogP contribution is -2.21. The molecule has 0 aliphatic carbocycles. The normalized spacial score (nSPS) is 11.5. The molecule has 0 aliphatic rings. The summed E-state index contributed by atoms with van der Waals surface area (Å²) >= 11 is 0. The van der Waals surface area contributed by atoms with Crippen LogP contribution in [-0.2, 0) is 0 Å². The Hall–Kier alpha value is -5.25. The first-order valence-electron chi connectivity index (χ1n) is 14.4. The van der Waals surface area contributed by atoms with Crippen LogP contribution in [0.25, 0.3) is 28.0 Å². The van der Waals surface area contributed by atoms with Crippen molar-refractivity contribution in [2.75, 3.05) is 13.7 Å². The minimum absolute atomic E-state index is 0.0477. The number of hydrogen-bond acceptors (Lipinski definition) is 7. The highest BCUT2D eigenvalue weighted by Crippen LogP contribution is 2.35. The Morgan fingerprint density at radius 2 is 1.80 bits per heavy atom. The van der Waals surface area contributed by atoms with Crippen molar-refractivity contribution in [3.63, 3.8) is 0 Å². The van der Waals surface area contributed by atoms with Gasteiger partial charge in [0, 0.05) is 34.6 Å². The molecule has 2 aromatic heterocycles. The number of para-hydroxylation sites is 1. The van der Waals surface area contributed by atoms with E-state index in [1.165, 1.54) is 23.9 Å². The molecular weight excluding hydrogens is 558 g/mol. The van der Waals surface area contributed by atoms with E-state index >= 15 is 0 Å². The third-order valence-corrected chi connectivity index (χ3v) is 7.67. The van der Waals surface area contributed by atoms with Gasteiger partial charge in [-0.25, -0.2) is 4.98 Å². The SMILES string of the molecule is CCOc1cc(C)c(-c2nc3ccccc3c(=O)n2N=Cc2cc(C)n(-c3cc([N+](=O)[O-])ccc3OC)c2C)cc1C(C)C. The van der Waals surface area contributed by atoms with E-state index in [1.54, 1.807) is 24.4 Å². The van der Waals surface area contributed by atoms with Crippen molar-refractivity contribution in [2.45, 2.75) is 47.5 Å². The number of rotatable bonds is 9. The molecule has 0 fully saturated rings. The quantitative estimate of drug-likeness (QED) is 0.102. The first kappa shape index (κ1) is 30.2. The fourth-order valence-corrected chi connectivity index (χ4v) is 5.45. The van der Waals surface area contributed by atoms with Gasteiger partial charge < -0.3 is 14.0 Å². The van der Waals surface area contributed by atoms with Crippen LogP contribution in [0.4, 0.5) is 5.69 Å². The van der Waals surface area contributed by atoms with E-state index in [0.29, 0.717) is 34.8 Å². The van der Waals surface area contributed by atoms with Crippen molar-refractivity contribution in [2.24, 2.45) is 5.10 Å². The summed E-state index contributed by atoms with van der Waals surface area (Å²) in [6.45, 7) is 12.5. The molecule has 0 atom stereocenters. The highest BCUT2D eigenvalue weighted by molar-refractivity contribution is 5.84. The Morgan fingerprint density at radius 3 is 2.48 bits per heavy atom. The summed E-state index contributed by atoms with van der Waals surface area (Å²) in [6.07, 6.45) is 1.62. The Morgan fingerprint density at radius 1 is 1.05 bits per heavy atom. The molecule has 0 bridgehead atoms. The van der Waals surface area contributed by atoms with E-state index in [-0.39, 0.29) is 17.2 Å². The summed E-state index contributed by atoms with van der Waals surface area (Å²) in [5.41, 5.74) is 5.78. The van der Waals surface area contributed by atoms with Crippen LogP contribution in [0.15, 0.2) is 70.6 Å². The summed E-state index contributed by atoms with van der Waals surface area (Å²) in [7, 11) is 1.52. The van der Waals surface area contributed by atoms with Gasteiger partial charge in [0.1, 0.15) is 11.5 Å². The summed E-state index contributed by atoms with van der Waals surface area (Å²) < 4.78 is 14.7. The van der Waals surface area contributed by atoms with E-state index in [4.69, 9.17) is 19.6 Å². The first-order valence-corrected chi connectivity index (χ1v) is 14.4. The predicted molar refractivity (Wildman–Crippen MR) is 173 cm³/mol. The lowest BCUT2D eigenvalue weighted by Gasteiger charge is -2.18. The van der Waals surface area contributed by atoms with E-state index in [2.05, 4.69) is 13.8 Å². The molecule has 0 N–H and O–H groups in total. The molecule has 0 amide bonds. The van der Waals surface area contributed by atoms with Gasteiger partial charge in [-0.1, -0.05) is 26.0 Å². The van der Waals surface area contributed by atoms with Crippen LogP contribution >= 0.6 is 0 Å². The van der Waals surface area contributed by atoms with Crippen molar-refractivity contribution in [1.82, 2.24) is 14.2 Å². The summed E-state index contributed by atoms with van der Waals surface area (Å²) in [5.74, 6) is 1.90. The van der Waals surface area contributed by atoms with Crippen LogP contribution in [0.5, 0.6) is 11.5 Å². The molecule has 10 heteroatoms. The second-order valence-electron chi connectivity index (χ2n) is 10.9. The standard InChI is InChI=1S/C34H35N5O5/c1-8-44-32-15-21(4)28(18-27(32)20(2)3)33-36-29-12-10-9-11-26(29)34(40)38(33)35-19-24-16-22(5)37(23(24)6)30-17-25(39(41)42)13-14-31(30)43-7/h9-20H,8H2,1-7H3. The zero-order chi connectivity index (χ0) is 31.7. The van der Waals surface area contributed by atoms with Gasteiger partial charge in [0.15, 0.2) is 5.82 Å². The molecule has 0 radical (unpaired) electrons. The largest absolute Gasteiger partial charge is 0.495 e. The number of methoxy groups -OCH3 is 1. The van der Waals surface area contributed by atoms with Crippen molar-refractivity contribution < 1.29 is 14.4 Å². The fourth-order valence-electron chi connectivity index (χ4n) is 5.45. The number of nitro benzene ring substituents is 1. The lowest BCUT2D eigenvalue weighted by atomic mass is 9.96. The molecule has 10 nitrogen and oxygen atoms in total. The maximum Gasteiger partial charge on any atom is 0.282 e. The first-order chi connectivity index (χ1) is 21.0. The van der Waals surface area contributed by atoms with Crippen LogP contribution in [-0.4, -0.2) is 39.1 Å². The van der Waals surface area contributed by atoms with Gasteiger partial charge in [0.2, 0.25) is 0 Å². The van der Waals surface area contributed by atoms with Gasteiger partial charge in [0.25, 0.3) is 11.2 Å². The summed E-state index contributed by atoms with van der Waals surface area (Å²) in [6, 6.07) is 17.6. The van der Waals surface area contributed by atoms with Crippen LogP contribution in [0.3, 0.4) is 0 Å². The van der Waals surface area contributed by atoms with Crippen molar-refractivity contribution in [3.8, 4) is 28.6 Å². The molecule has 0 unspecified atom stereocenters. The lowest BCUT2D eigenvalue weighted by molar-refractivity contribution is -0.384. The van der Waals surface area contributed by atoms with Crippen molar-refractivity contribution in [1.29, 1.82) is 0 Å². The number of nitro groups is 1. The molecule has 5 rings (SSSR count). The Bertz CT molecular complexity index is 1990. The minimum atomic E-state index is -0.437. The minimum Gasteiger partial charge on any atom is -0.495 e. The summed E-state index contributed by atoms with van der Waals surface area (Å²) in [5, 5.41) is 16.7. The van der Waals surface area contributed by atoms with Gasteiger partial charge in [-0.15, -0.1) is 0 Å². The third-order valence-electron chi connectivity index (χ3n) is 7.67. The average Bonchev–Trinajstić information content (AvgIpc) is 3.28. The molecule has 0 spiro atoms. The number of aryl methyl sites for hydroxylation is 2. The maximum absolute atomic E-state index is 13.9. The predicted octanol–water partition coefficient (Wildman–Crippen LogP) is 7.10. The Balaban J connectivity index is 1.70. The maximum atomic E-state index is 13.9. The van der Waals surface area contributed by atoms with Crippen molar-refractivity contribution >= 4 is 22.8 Å². The average molecular weight is 594 g/mol. The third kappa shape index (κ3) is 5.46. The van der Waals surface area contributed by atoms with Crippen LogP contribution in [0.1, 0.15) is 54.8 Å². The second-order valence-corrected chi connectivity index (χ2v) is 10.9. The second kappa shape index (κ2) is 12.2. The number of nitrogens with zero attached hydrogens (tertiary/aromatic N) is 5. The molecule has 0 saturated heterocycles. The van der Waals surface area contributed by atoms with E-state index < -0.39 is 4.92 Å². The van der Waals surface area contributed by atoms with Gasteiger partial charge in [-0.3, -0.25) is 14.9 Å². The Kier molecular flexibility index (Phi) is 8.35. The molecule has 44 heavy (non-hydrogen) atoms. The van der Waals surface area contributed by atoms with E-state index in [0.717, 1.165) is 39.4 Å². The zero-order valence-corrected chi connectivity index (χ0v) is 25.9. The van der Waals surface area contributed by atoms with Crippen molar-refractivity contribution in [3.05, 3.63) is 109 Å². The molecule has 226 valence electrons. The molecule has 5 aromatic rings. The van der Waals surface area contributed by atoms with Gasteiger partial charge in [-0.2, -0.15) is 9.78 Å². The molecule has 2 heterocycles. The topological polar surface area (TPSA) is 114 Å². The van der Waals surface area contributed by atoms with Crippen LogP contribution in [0.2, 0.25) is 0 Å². The van der Waals surface area contributed by atoms with Gasteiger partial charge >= 0.3 is 0 Å². The van der Waals surface area contributed by atoms with Crippen LogP contribution < -0.4 is 15.0 Å². The fraction of sp³-hybridized carbons (Fsp3) is 0.265. The van der Waals surface area contributed by atoms with E-state index in [1.807, 2.05) is 62.6 Å². The zero-order valence-electron chi connectivity index (χ0n) is 25.9. The monoisotopic (exact) mass is 593 g/mol. The highest BCUT2D eigenvalue weighted by Gasteiger charge is 2.20. The van der Waals surface area contributed by atoms with Gasteiger partial charge in [-0.05, 0) is 81.1 Å². The van der Waals surface area contributed by atoms with Crippen LogP contribution in [0, 0.1) is 30.9 Å². The molecule has 0 aliphatic heterocycles. The van der Waals surface area contributed by atoms with E-state index in [9.17, 15) is 14.9 Å². The number of ether oxygens (including phenoxy) is 2. The molecular formula is C34H35N5O5. The number of aromatic nitrogens is 3. The Labute approximate surface area is 255 Å². The summed E-state index contributed by atoms with van der Waals surface area (Å²) in [4.78, 5) is 29.9. The smallest absolute Gasteiger partial charge is 0.282 e. The molecule has 3 aromatic carbocycles. The number of hydrogen-bond donors (Lipinski definition) is 0. The number of fused-ring (bicyclic) bond motifs is 1. The molecule has 0 saturated carbocycles. The highest BCUT2D eigenvalue weighted by atomic mass is 16.6.